The van der Waals surface area contributed by atoms with Crippen molar-refractivity contribution >= 4 is 5.91 Å². The van der Waals surface area contributed by atoms with Crippen LogP contribution in [0, 0.1) is 11.3 Å². The molecule has 1 aliphatic heterocycles. The molecule has 0 aromatic carbocycles. The Morgan fingerprint density at radius 3 is 3.00 bits per heavy atom. The van der Waals surface area contributed by atoms with E-state index in [1.54, 1.807) is 0 Å². The fourth-order valence-corrected chi connectivity index (χ4v) is 2.16. The predicted octanol–water partition coefficient (Wildman–Crippen LogP) is 1.28. The summed E-state index contributed by atoms with van der Waals surface area (Å²) in [5.74, 6) is 0.0157. The summed E-state index contributed by atoms with van der Waals surface area (Å²) in [5.41, 5.74) is 0. The second kappa shape index (κ2) is 6.49. The van der Waals surface area contributed by atoms with Crippen LogP contribution in [0.5, 0.6) is 0 Å². The fraction of sp³-hybridized carbons (Fsp3) is 0.833. The molecule has 1 amide bonds. The van der Waals surface area contributed by atoms with Gasteiger partial charge in [0.2, 0.25) is 5.91 Å². The topological polar surface area (TPSA) is 56.1 Å². The highest BCUT2D eigenvalue weighted by Gasteiger charge is 2.31. The number of nitrogens with one attached hydrogen (secondary N) is 1. The number of nitrogens with zero attached hydrogens (tertiary/aromatic N) is 2. The van der Waals surface area contributed by atoms with E-state index in [4.69, 9.17) is 5.26 Å². The Morgan fingerprint density at radius 1 is 1.62 bits per heavy atom. The van der Waals surface area contributed by atoms with Gasteiger partial charge in [-0.2, -0.15) is 5.26 Å². The molecule has 2 unspecified atom stereocenters. The molecule has 1 rings (SSSR count). The number of hydrogen-bond acceptors (Lipinski definition) is 3. The third-order valence-corrected chi connectivity index (χ3v) is 3.18. The fourth-order valence-electron chi connectivity index (χ4n) is 2.16. The van der Waals surface area contributed by atoms with Crippen LogP contribution in [0.2, 0.25) is 0 Å². The number of rotatable bonds is 4. The third kappa shape index (κ3) is 3.21. The van der Waals surface area contributed by atoms with Gasteiger partial charge >= 0.3 is 0 Å². The zero-order valence-electron chi connectivity index (χ0n) is 10.2. The summed E-state index contributed by atoms with van der Waals surface area (Å²) in [6.07, 6.45) is 3.46. The molecule has 1 aliphatic rings. The standard InChI is InChI=1S/C12H21N3O/c1-3-4-9-15-10(2)6-8-14-12(16)11(15)5-7-13/h10-11H,3-6,8-9H2,1-2H3,(H,14,16). The van der Waals surface area contributed by atoms with Gasteiger partial charge in [0.1, 0.15) is 6.04 Å². The first-order valence-electron chi connectivity index (χ1n) is 6.11. The number of carbonyl (C=O) groups excluding carboxylic acids is 1. The minimum absolute atomic E-state index is 0.0157. The molecule has 4 nitrogen and oxygen atoms in total. The Morgan fingerprint density at radius 2 is 2.38 bits per heavy atom. The van der Waals surface area contributed by atoms with Gasteiger partial charge in [0.05, 0.1) is 12.5 Å². The number of amides is 1. The lowest BCUT2D eigenvalue weighted by atomic mass is 10.1. The SMILES string of the molecule is CCCCN1C(C)CCNC(=O)C1CC#N. The van der Waals surface area contributed by atoms with Crippen LogP contribution >= 0.6 is 0 Å². The molecule has 0 saturated carbocycles. The van der Waals surface area contributed by atoms with Gasteiger partial charge in [-0.25, -0.2) is 0 Å². The van der Waals surface area contributed by atoms with Gasteiger partial charge in [0.15, 0.2) is 0 Å². The minimum Gasteiger partial charge on any atom is -0.355 e. The van der Waals surface area contributed by atoms with Gasteiger partial charge in [-0.3, -0.25) is 9.69 Å². The first kappa shape index (κ1) is 13.0. The van der Waals surface area contributed by atoms with Crippen molar-refractivity contribution in [2.24, 2.45) is 0 Å². The van der Waals surface area contributed by atoms with Crippen molar-refractivity contribution in [3.8, 4) is 6.07 Å². The van der Waals surface area contributed by atoms with Crippen molar-refractivity contribution < 1.29 is 4.79 Å². The molecule has 1 saturated heterocycles. The monoisotopic (exact) mass is 223 g/mol. The van der Waals surface area contributed by atoms with Crippen molar-refractivity contribution in [2.75, 3.05) is 13.1 Å². The zero-order chi connectivity index (χ0) is 12.0. The quantitative estimate of drug-likeness (QED) is 0.781. The average molecular weight is 223 g/mol. The van der Waals surface area contributed by atoms with Gasteiger partial charge in [0, 0.05) is 12.6 Å². The zero-order valence-corrected chi connectivity index (χ0v) is 10.2. The highest BCUT2D eigenvalue weighted by Crippen LogP contribution is 2.16. The van der Waals surface area contributed by atoms with Gasteiger partial charge in [-0.15, -0.1) is 0 Å². The van der Waals surface area contributed by atoms with Crippen molar-refractivity contribution in [1.29, 1.82) is 5.26 Å². The molecule has 0 aromatic heterocycles. The summed E-state index contributed by atoms with van der Waals surface area (Å²) in [5, 5.41) is 11.7. The molecule has 4 heteroatoms. The van der Waals surface area contributed by atoms with E-state index in [2.05, 4.69) is 30.1 Å². The Balaban J connectivity index is 2.74. The summed E-state index contributed by atoms with van der Waals surface area (Å²) in [7, 11) is 0. The summed E-state index contributed by atoms with van der Waals surface area (Å²) in [6, 6.07) is 2.24. The van der Waals surface area contributed by atoms with Crippen LogP contribution in [-0.4, -0.2) is 36.0 Å². The molecule has 0 radical (unpaired) electrons. The summed E-state index contributed by atoms with van der Waals surface area (Å²) in [4.78, 5) is 14.0. The van der Waals surface area contributed by atoms with Crippen LogP contribution in [0.25, 0.3) is 0 Å². The number of nitriles is 1. The van der Waals surface area contributed by atoms with Gasteiger partial charge in [-0.05, 0) is 26.3 Å². The van der Waals surface area contributed by atoms with E-state index in [1.807, 2.05) is 0 Å². The molecule has 2 atom stereocenters. The van der Waals surface area contributed by atoms with Crippen molar-refractivity contribution in [1.82, 2.24) is 10.2 Å². The smallest absolute Gasteiger partial charge is 0.238 e. The van der Waals surface area contributed by atoms with E-state index >= 15 is 0 Å². The van der Waals surface area contributed by atoms with E-state index in [0.29, 0.717) is 12.5 Å². The van der Waals surface area contributed by atoms with E-state index in [0.717, 1.165) is 32.4 Å². The number of unbranched alkanes of at least 4 members (excludes halogenated alkanes) is 1. The summed E-state index contributed by atoms with van der Waals surface area (Å²) in [6.45, 7) is 5.92. The molecule has 1 N–H and O–H groups in total. The molecular weight excluding hydrogens is 202 g/mol. The van der Waals surface area contributed by atoms with Gasteiger partial charge < -0.3 is 5.32 Å². The minimum atomic E-state index is -0.256. The maximum Gasteiger partial charge on any atom is 0.238 e. The second-order valence-corrected chi connectivity index (χ2v) is 4.40. The molecular formula is C12H21N3O. The molecule has 0 aliphatic carbocycles. The van der Waals surface area contributed by atoms with E-state index in [9.17, 15) is 4.79 Å². The summed E-state index contributed by atoms with van der Waals surface area (Å²) < 4.78 is 0. The first-order valence-corrected chi connectivity index (χ1v) is 6.11. The molecule has 1 heterocycles. The van der Waals surface area contributed by atoms with Crippen LogP contribution in [0.15, 0.2) is 0 Å². The molecule has 0 bridgehead atoms. The molecule has 0 aromatic rings. The molecule has 16 heavy (non-hydrogen) atoms. The first-order chi connectivity index (χ1) is 7.70. The van der Waals surface area contributed by atoms with Crippen LogP contribution in [0.4, 0.5) is 0 Å². The Kier molecular flexibility index (Phi) is 5.27. The lowest BCUT2D eigenvalue weighted by Gasteiger charge is -2.31. The Labute approximate surface area is 97.6 Å². The number of hydrogen-bond donors (Lipinski definition) is 1. The molecule has 0 spiro atoms. The number of carbonyl (C=O) groups is 1. The third-order valence-electron chi connectivity index (χ3n) is 3.18. The maximum absolute atomic E-state index is 11.8. The average Bonchev–Trinajstić information content (AvgIpc) is 2.39. The molecule has 90 valence electrons. The second-order valence-electron chi connectivity index (χ2n) is 4.40. The Hall–Kier alpha value is -1.08. The lowest BCUT2D eigenvalue weighted by molar-refractivity contribution is -0.125. The van der Waals surface area contributed by atoms with Crippen molar-refractivity contribution in [2.45, 2.75) is 51.6 Å². The van der Waals surface area contributed by atoms with E-state index < -0.39 is 0 Å². The van der Waals surface area contributed by atoms with E-state index in [-0.39, 0.29) is 11.9 Å². The maximum atomic E-state index is 11.8. The highest BCUT2D eigenvalue weighted by molar-refractivity contribution is 5.82. The van der Waals surface area contributed by atoms with Crippen LogP contribution in [0.3, 0.4) is 0 Å². The van der Waals surface area contributed by atoms with Crippen molar-refractivity contribution in [3.63, 3.8) is 0 Å². The van der Waals surface area contributed by atoms with Crippen molar-refractivity contribution in [3.05, 3.63) is 0 Å². The van der Waals surface area contributed by atoms with Gasteiger partial charge in [-0.1, -0.05) is 13.3 Å². The molecule has 1 fully saturated rings. The van der Waals surface area contributed by atoms with Crippen LogP contribution < -0.4 is 5.32 Å². The van der Waals surface area contributed by atoms with Crippen LogP contribution in [0.1, 0.15) is 39.5 Å². The van der Waals surface area contributed by atoms with Crippen LogP contribution in [-0.2, 0) is 4.79 Å². The normalized spacial score (nSPS) is 26.9. The summed E-state index contributed by atoms with van der Waals surface area (Å²) >= 11 is 0. The Bertz CT molecular complexity index is 272. The van der Waals surface area contributed by atoms with E-state index in [1.165, 1.54) is 0 Å². The largest absolute Gasteiger partial charge is 0.355 e. The lowest BCUT2D eigenvalue weighted by Crippen LogP contribution is -2.47. The van der Waals surface area contributed by atoms with Gasteiger partial charge in [0.25, 0.3) is 0 Å². The predicted molar refractivity (Wildman–Crippen MR) is 62.7 cm³/mol. The highest BCUT2D eigenvalue weighted by atomic mass is 16.2.